The van der Waals surface area contributed by atoms with Gasteiger partial charge < -0.3 is 14.8 Å². The van der Waals surface area contributed by atoms with Crippen molar-refractivity contribution in [3.8, 4) is 0 Å². The molecule has 33 heavy (non-hydrogen) atoms. The van der Waals surface area contributed by atoms with Crippen molar-refractivity contribution in [2.75, 3.05) is 0 Å². The van der Waals surface area contributed by atoms with Gasteiger partial charge in [-0.2, -0.15) is 0 Å². The van der Waals surface area contributed by atoms with Gasteiger partial charge in [-0.25, -0.2) is 9.59 Å². The Labute approximate surface area is 199 Å². The van der Waals surface area contributed by atoms with Crippen molar-refractivity contribution in [2.45, 2.75) is 117 Å². The summed E-state index contributed by atoms with van der Waals surface area (Å²) in [6.45, 7) is 7.61. The molecule has 0 radical (unpaired) electrons. The number of benzene rings is 1. The van der Waals surface area contributed by atoms with Crippen molar-refractivity contribution in [1.29, 1.82) is 0 Å². The number of nitrogens with one attached hydrogen (secondary N) is 1. The monoisotopic (exact) mass is 461 g/mol. The highest BCUT2D eigenvalue weighted by Crippen LogP contribution is 2.14. The molecule has 1 aromatic rings. The molecule has 0 aromatic heterocycles. The Kier molecular flexibility index (Phi) is 14.1. The maximum atomic E-state index is 12.6. The molecule has 0 fully saturated rings. The van der Waals surface area contributed by atoms with Gasteiger partial charge in [0, 0.05) is 12.8 Å². The van der Waals surface area contributed by atoms with Crippen LogP contribution in [0.15, 0.2) is 30.3 Å². The van der Waals surface area contributed by atoms with Crippen LogP contribution in [0.25, 0.3) is 0 Å². The molecule has 0 heterocycles. The first-order chi connectivity index (χ1) is 15.7. The Balaban J connectivity index is 2.43. The molecule has 1 N–H and O–H groups in total. The Hall–Kier alpha value is -2.37. The smallest absolute Gasteiger partial charge is 0.408 e. The van der Waals surface area contributed by atoms with Gasteiger partial charge in [0.25, 0.3) is 0 Å². The Morgan fingerprint density at radius 2 is 1.48 bits per heavy atom. The van der Waals surface area contributed by atoms with Gasteiger partial charge in [0.1, 0.15) is 24.0 Å². The molecule has 1 atom stereocenters. The topological polar surface area (TPSA) is 81.7 Å². The second-order valence-electron chi connectivity index (χ2n) is 9.59. The number of alkyl carbamates (subject to hydrolysis) is 1. The second-order valence-corrected chi connectivity index (χ2v) is 9.59. The van der Waals surface area contributed by atoms with Crippen LogP contribution in [-0.2, 0) is 25.7 Å². The standard InChI is InChI=1S/C27H43NO5/c1-5-6-7-8-9-10-11-15-18-23(29)19-20-24(25(30)33-27(2,3)4)28-26(31)32-21-22-16-13-12-14-17-22/h12-14,16-17,24H,5-11,15,18-21H2,1-4H3,(H,28,31)/t24-/m0/s1. The minimum Gasteiger partial charge on any atom is -0.458 e. The number of carbonyl (C=O) groups is 3. The average molecular weight is 462 g/mol. The summed E-state index contributed by atoms with van der Waals surface area (Å²) in [4.78, 5) is 37.2. The number of carbonyl (C=O) groups excluding carboxylic acids is 3. The summed E-state index contributed by atoms with van der Waals surface area (Å²) < 4.78 is 10.7. The molecule has 0 saturated carbocycles. The fourth-order valence-corrected chi connectivity index (χ4v) is 3.42. The zero-order chi connectivity index (χ0) is 24.5. The first-order valence-electron chi connectivity index (χ1n) is 12.4. The Bertz CT molecular complexity index is 696. The summed E-state index contributed by atoms with van der Waals surface area (Å²) in [6.07, 6.45) is 9.64. The average Bonchev–Trinajstić information content (AvgIpc) is 2.76. The summed E-state index contributed by atoms with van der Waals surface area (Å²) in [6, 6.07) is 8.38. The van der Waals surface area contributed by atoms with E-state index in [1.807, 2.05) is 30.3 Å². The normalized spacial score (nSPS) is 12.1. The van der Waals surface area contributed by atoms with Gasteiger partial charge in [-0.3, -0.25) is 4.79 Å². The van der Waals surface area contributed by atoms with Gasteiger partial charge in [-0.05, 0) is 39.2 Å². The number of esters is 1. The lowest BCUT2D eigenvalue weighted by Gasteiger charge is -2.24. The Morgan fingerprint density at radius 3 is 2.09 bits per heavy atom. The zero-order valence-electron chi connectivity index (χ0n) is 21.0. The van der Waals surface area contributed by atoms with Crippen molar-refractivity contribution < 1.29 is 23.9 Å². The third-order valence-electron chi connectivity index (χ3n) is 5.22. The van der Waals surface area contributed by atoms with Gasteiger partial charge in [0.15, 0.2) is 0 Å². The quantitative estimate of drug-likeness (QED) is 0.224. The number of ketones is 1. The fourth-order valence-electron chi connectivity index (χ4n) is 3.42. The van der Waals surface area contributed by atoms with Gasteiger partial charge in [0.05, 0.1) is 0 Å². The van der Waals surface area contributed by atoms with Crippen LogP contribution in [0.2, 0.25) is 0 Å². The van der Waals surface area contributed by atoms with Crippen molar-refractivity contribution in [1.82, 2.24) is 5.32 Å². The molecule has 6 heteroatoms. The fraction of sp³-hybridized carbons (Fsp3) is 0.667. The van der Waals surface area contributed by atoms with Crippen LogP contribution >= 0.6 is 0 Å². The first kappa shape index (κ1) is 28.7. The van der Waals surface area contributed by atoms with Gasteiger partial charge >= 0.3 is 12.1 Å². The van der Waals surface area contributed by atoms with E-state index in [0.717, 1.165) is 24.8 Å². The van der Waals surface area contributed by atoms with Crippen molar-refractivity contribution in [3.05, 3.63) is 35.9 Å². The molecule has 1 aromatic carbocycles. The summed E-state index contributed by atoms with van der Waals surface area (Å²) >= 11 is 0. The van der Waals surface area contributed by atoms with Crippen LogP contribution in [0.4, 0.5) is 4.79 Å². The number of Topliss-reactive ketones (excluding diaryl/α,β-unsaturated/α-hetero) is 1. The molecule has 0 aliphatic heterocycles. The van der Waals surface area contributed by atoms with Gasteiger partial charge in [-0.1, -0.05) is 82.2 Å². The second kappa shape index (κ2) is 16.3. The molecular weight excluding hydrogens is 418 g/mol. The lowest BCUT2D eigenvalue weighted by Crippen LogP contribution is -2.44. The van der Waals surface area contributed by atoms with E-state index in [1.54, 1.807) is 20.8 Å². The number of hydrogen-bond acceptors (Lipinski definition) is 5. The van der Waals surface area contributed by atoms with E-state index >= 15 is 0 Å². The molecule has 6 nitrogen and oxygen atoms in total. The maximum absolute atomic E-state index is 12.6. The number of ether oxygens (including phenoxy) is 2. The van der Waals surface area contributed by atoms with Gasteiger partial charge in [-0.15, -0.1) is 0 Å². The number of unbranched alkanes of at least 4 members (excludes halogenated alkanes) is 7. The van der Waals surface area contributed by atoms with Gasteiger partial charge in [0.2, 0.25) is 0 Å². The van der Waals surface area contributed by atoms with E-state index in [0.29, 0.717) is 6.42 Å². The summed E-state index contributed by atoms with van der Waals surface area (Å²) in [5.41, 5.74) is 0.161. The third kappa shape index (κ3) is 15.2. The van der Waals surface area contributed by atoms with Crippen LogP contribution < -0.4 is 5.32 Å². The summed E-state index contributed by atoms with van der Waals surface area (Å²) in [5, 5.41) is 2.58. The number of amides is 1. The summed E-state index contributed by atoms with van der Waals surface area (Å²) in [7, 11) is 0. The van der Waals surface area contributed by atoms with Crippen LogP contribution in [0.3, 0.4) is 0 Å². The molecule has 0 aliphatic carbocycles. The lowest BCUT2D eigenvalue weighted by atomic mass is 10.0. The third-order valence-corrected chi connectivity index (χ3v) is 5.22. The molecule has 186 valence electrons. The van der Waals surface area contributed by atoms with E-state index in [1.165, 1.54) is 32.1 Å². The molecule has 0 unspecified atom stereocenters. The van der Waals surface area contributed by atoms with E-state index in [4.69, 9.17) is 9.47 Å². The zero-order valence-corrected chi connectivity index (χ0v) is 21.0. The minimum atomic E-state index is -0.921. The number of hydrogen-bond donors (Lipinski definition) is 1. The van der Waals surface area contributed by atoms with Crippen molar-refractivity contribution in [2.24, 2.45) is 0 Å². The van der Waals surface area contributed by atoms with E-state index in [9.17, 15) is 14.4 Å². The van der Waals surface area contributed by atoms with E-state index in [2.05, 4.69) is 12.2 Å². The maximum Gasteiger partial charge on any atom is 0.408 e. The van der Waals surface area contributed by atoms with Crippen LogP contribution in [0.1, 0.15) is 104 Å². The lowest BCUT2D eigenvalue weighted by molar-refractivity contribution is -0.157. The molecule has 0 spiro atoms. The Morgan fingerprint density at radius 1 is 0.879 bits per heavy atom. The molecule has 0 aliphatic rings. The van der Waals surface area contributed by atoms with Crippen LogP contribution in [-0.4, -0.2) is 29.5 Å². The molecule has 0 saturated heterocycles. The highest BCUT2D eigenvalue weighted by atomic mass is 16.6. The van der Waals surface area contributed by atoms with E-state index < -0.39 is 23.7 Å². The molecule has 0 bridgehead atoms. The van der Waals surface area contributed by atoms with Crippen molar-refractivity contribution >= 4 is 17.8 Å². The SMILES string of the molecule is CCCCCCCCCCC(=O)CC[C@H](NC(=O)OCc1ccccc1)C(=O)OC(C)(C)C. The molecular formula is C27H43NO5. The van der Waals surface area contributed by atoms with E-state index in [-0.39, 0.29) is 25.2 Å². The predicted molar refractivity (Wildman–Crippen MR) is 131 cm³/mol. The van der Waals surface area contributed by atoms with Crippen molar-refractivity contribution in [3.63, 3.8) is 0 Å². The molecule has 1 amide bonds. The number of rotatable bonds is 16. The van der Waals surface area contributed by atoms with Crippen LogP contribution in [0.5, 0.6) is 0 Å². The van der Waals surface area contributed by atoms with Crippen LogP contribution in [0, 0.1) is 0 Å². The predicted octanol–water partition coefficient (Wildman–Crippen LogP) is 6.50. The largest absolute Gasteiger partial charge is 0.458 e. The minimum absolute atomic E-state index is 0.102. The summed E-state index contributed by atoms with van der Waals surface area (Å²) in [5.74, 6) is -0.451. The highest BCUT2D eigenvalue weighted by molar-refractivity contribution is 5.83. The molecule has 1 rings (SSSR count). The highest BCUT2D eigenvalue weighted by Gasteiger charge is 2.27. The first-order valence-corrected chi connectivity index (χ1v) is 12.4.